The van der Waals surface area contributed by atoms with E-state index >= 15 is 0 Å². The number of sulfonamides is 1. The summed E-state index contributed by atoms with van der Waals surface area (Å²) in [4.78, 5) is 36.9. The molecule has 0 aromatic heterocycles. The third-order valence-electron chi connectivity index (χ3n) is 6.89. The molecule has 6 N–H and O–H groups in total. The van der Waals surface area contributed by atoms with E-state index in [0.29, 0.717) is 5.75 Å². The lowest BCUT2D eigenvalue weighted by atomic mass is 9.89. The van der Waals surface area contributed by atoms with E-state index in [0.717, 1.165) is 23.8 Å². The van der Waals surface area contributed by atoms with Crippen LogP contribution in [0.5, 0.6) is 0 Å². The van der Waals surface area contributed by atoms with Crippen LogP contribution >= 0.6 is 11.8 Å². The maximum atomic E-state index is 12.9. The van der Waals surface area contributed by atoms with Crippen molar-refractivity contribution in [2.45, 2.75) is 74.4 Å². The van der Waals surface area contributed by atoms with Gasteiger partial charge in [0.2, 0.25) is 15.9 Å². The van der Waals surface area contributed by atoms with Gasteiger partial charge < -0.3 is 30.5 Å². The summed E-state index contributed by atoms with van der Waals surface area (Å²) in [5.41, 5.74) is 1.68. The summed E-state index contributed by atoms with van der Waals surface area (Å²) in [5, 5.41) is 44.9. The molecule has 1 aliphatic heterocycles. The highest BCUT2D eigenvalue weighted by molar-refractivity contribution is 7.99. The first kappa shape index (κ1) is 34.7. The highest BCUT2D eigenvalue weighted by atomic mass is 32.2. The van der Waals surface area contributed by atoms with Crippen molar-refractivity contribution in [2.24, 2.45) is 0 Å². The van der Waals surface area contributed by atoms with Gasteiger partial charge in [-0.1, -0.05) is 49.4 Å². The molecule has 0 aliphatic carbocycles. The van der Waals surface area contributed by atoms with Gasteiger partial charge >= 0.3 is 12.1 Å². The summed E-state index contributed by atoms with van der Waals surface area (Å²) in [6.07, 6.45) is -10.6. The van der Waals surface area contributed by atoms with Crippen molar-refractivity contribution in [3.8, 4) is 11.1 Å². The Hall–Kier alpha value is -2.76. The van der Waals surface area contributed by atoms with E-state index in [-0.39, 0.29) is 16.1 Å². The Morgan fingerprint density at radius 2 is 1.70 bits per heavy atom. The monoisotopic (exact) mass is 640 g/mol. The number of hydrogen-bond donors (Lipinski definition) is 6. The predicted molar refractivity (Wildman–Crippen MR) is 158 cm³/mol. The number of nitrogens with one attached hydrogen (secondary N) is 2. The minimum Gasteiger partial charge on any atom is -0.391 e. The first-order valence-electron chi connectivity index (χ1n) is 13.7. The molecule has 0 saturated carbocycles. The minimum atomic E-state index is -4.13. The molecule has 7 atom stereocenters. The number of carbonyl (C=O) groups excluding carboxylic acids is 2. The second-order valence-corrected chi connectivity index (χ2v) is 13.2. The zero-order valence-electron chi connectivity index (χ0n) is 23.8. The van der Waals surface area contributed by atoms with Gasteiger partial charge in [0, 0.05) is 30.5 Å². The van der Waals surface area contributed by atoms with Crippen LogP contribution in [-0.4, -0.2) is 106 Å². The first-order valence-corrected chi connectivity index (χ1v) is 16.4. The van der Waals surface area contributed by atoms with Crippen molar-refractivity contribution in [3.05, 3.63) is 59.5 Å². The van der Waals surface area contributed by atoms with E-state index < -0.39 is 77.6 Å². The summed E-state index contributed by atoms with van der Waals surface area (Å²) in [6, 6.07) is 14.0. The Morgan fingerprint density at radius 1 is 1.07 bits per heavy atom. The fraction of sp³-hybridized carbons (Fsp3) is 0.500. The molecule has 7 unspecified atom stereocenters. The molecule has 0 spiro atoms. The van der Waals surface area contributed by atoms with Gasteiger partial charge in [0.05, 0.1) is 29.6 Å². The van der Waals surface area contributed by atoms with Crippen LogP contribution in [0.4, 0.5) is 0 Å². The number of amides is 2. The predicted octanol–water partition coefficient (Wildman–Crippen LogP) is 0.144. The van der Waals surface area contributed by atoms with Crippen LogP contribution in [0.3, 0.4) is 0 Å². The zero-order valence-corrected chi connectivity index (χ0v) is 25.4. The van der Waals surface area contributed by atoms with Gasteiger partial charge in [-0.15, -0.1) is 0 Å². The van der Waals surface area contributed by atoms with Crippen molar-refractivity contribution < 1.29 is 47.9 Å². The average molecular weight is 641 g/mol. The third kappa shape index (κ3) is 9.36. The molecule has 1 heterocycles. The van der Waals surface area contributed by atoms with Crippen molar-refractivity contribution in [1.29, 1.82) is 0 Å². The first-order chi connectivity index (χ1) is 20.4. The van der Waals surface area contributed by atoms with Crippen molar-refractivity contribution in [3.63, 3.8) is 0 Å². The van der Waals surface area contributed by atoms with E-state index in [9.17, 15) is 43.3 Å². The lowest BCUT2D eigenvalue weighted by Crippen LogP contribution is -2.64. The SMILES string of the molecule is CCSCCC(O)[N+](=O)C(=O)C1CC(O)C(NC(C)=O)C(C(O)C(O)CNS(=O)(=O)c2ccc(-c3ccccc3)cc2)O1. The molecule has 0 bridgehead atoms. The van der Waals surface area contributed by atoms with E-state index in [1.165, 1.54) is 23.9 Å². The highest BCUT2D eigenvalue weighted by Crippen LogP contribution is 2.26. The number of aliphatic hydroxyl groups excluding tert-OH is 4. The highest BCUT2D eigenvalue weighted by Gasteiger charge is 2.50. The second kappa shape index (κ2) is 15.8. The number of ether oxygens (including phenoxy) is 1. The molecule has 43 heavy (non-hydrogen) atoms. The summed E-state index contributed by atoms with van der Waals surface area (Å²) in [5.74, 6) is -0.650. The summed E-state index contributed by atoms with van der Waals surface area (Å²) in [6.45, 7) is 2.35. The Balaban J connectivity index is 1.70. The third-order valence-corrected chi connectivity index (χ3v) is 9.26. The number of rotatable bonds is 14. The fourth-order valence-electron chi connectivity index (χ4n) is 4.59. The topological polar surface area (TPSA) is 203 Å². The maximum Gasteiger partial charge on any atom is 0.464 e. The second-order valence-electron chi connectivity index (χ2n) is 10.0. The molecule has 1 aliphatic rings. The smallest absolute Gasteiger partial charge is 0.391 e. The average Bonchev–Trinajstić information content (AvgIpc) is 3.00. The van der Waals surface area contributed by atoms with Crippen LogP contribution in [0.15, 0.2) is 59.5 Å². The van der Waals surface area contributed by atoms with E-state index in [1.54, 1.807) is 12.1 Å². The van der Waals surface area contributed by atoms with Gasteiger partial charge in [-0.3, -0.25) is 4.79 Å². The van der Waals surface area contributed by atoms with Gasteiger partial charge in [-0.25, -0.2) is 17.9 Å². The molecule has 0 radical (unpaired) electrons. The molecule has 1 saturated heterocycles. The largest absolute Gasteiger partial charge is 0.464 e. The van der Waals surface area contributed by atoms with Crippen LogP contribution in [0.25, 0.3) is 11.1 Å². The number of nitrogens with zero attached hydrogens (tertiary/aromatic N) is 1. The number of hydrogen-bond acceptors (Lipinski definition) is 11. The van der Waals surface area contributed by atoms with Crippen LogP contribution in [0, 0.1) is 4.91 Å². The molecule has 236 valence electrons. The Kier molecular flexibility index (Phi) is 12.8. The summed E-state index contributed by atoms with van der Waals surface area (Å²) >= 11 is 1.46. The normalized spacial score (nSPS) is 22.7. The van der Waals surface area contributed by atoms with Gasteiger partial charge in [0.1, 0.15) is 17.0 Å². The molecule has 2 amide bonds. The number of nitroso groups, excluding NO2 is 1. The van der Waals surface area contributed by atoms with Crippen molar-refractivity contribution in [1.82, 2.24) is 10.0 Å². The molecular weight excluding hydrogens is 602 g/mol. The molecule has 13 nitrogen and oxygen atoms in total. The Labute approximate surface area is 254 Å². The standard InChI is InChI=1S/C28H37N3O10S2/c1-3-42-14-13-24(35)31(38)28(37)23-15-21(33)25(30-17(2)32)27(41-23)26(36)22(34)16-29-43(39,40)20-11-9-19(10-12-20)18-7-5-4-6-8-18/h4-12,21-27,29,33-36H,3,13-16H2,1-2H3/p+1. The van der Waals surface area contributed by atoms with Crippen molar-refractivity contribution >= 4 is 33.6 Å². The molecule has 1 fully saturated rings. The molecular formula is C28H38N3O10S2+. The lowest BCUT2D eigenvalue weighted by molar-refractivity contribution is -0.559. The Bertz CT molecular complexity index is 1340. The molecule has 3 rings (SSSR count). The van der Waals surface area contributed by atoms with Crippen molar-refractivity contribution in [2.75, 3.05) is 18.1 Å². The molecule has 15 heteroatoms. The fourth-order valence-corrected chi connectivity index (χ4v) is 6.31. The van der Waals surface area contributed by atoms with Crippen LogP contribution in [-0.2, 0) is 24.3 Å². The van der Waals surface area contributed by atoms with E-state index in [2.05, 4.69) is 10.0 Å². The Morgan fingerprint density at radius 3 is 2.30 bits per heavy atom. The molecule has 2 aromatic rings. The van der Waals surface area contributed by atoms with E-state index in [1.807, 2.05) is 37.3 Å². The minimum absolute atomic E-state index is 0.00255. The molecule has 2 aromatic carbocycles. The summed E-state index contributed by atoms with van der Waals surface area (Å²) in [7, 11) is -4.13. The van der Waals surface area contributed by atoms with Gasteiger partial charge in [-0.05, 0) is 29.0 Å². The van der Waals surface area contributed by atoms with Crippen LogP contribution in [0.2, 0.25) is 0 Å². The number of benzene rings is 2. The number of thioether (sulfide) groups is 1. The quantitative estimate of drug-likeness (QED) is 0.0932. The van der Waals surface area contributed by atoms with Gasteiger partial charge in [0.25, 0.3) is 0 Å². The van der Waals surface area contributed by atoms with E-state index in [4.69, 9.17) is 4.74 Å². The van der Waals surface area contributed by atoms with Crippen LogP contribution < -0.4 is 10.0 Å². The zero-order chi connectivity index (χ0) is 31.7. The van der Waals surface area contributed by atoms with Gasteiger partial charge in [0.15, 0.2) is 6.10 Å². The summed E-state index contributed by atoms with van der Waals surface area (Å²) < 4.78 is 33.4. The van der Waals surface area contributed by atoms with Gasteiger partial charge in [-0.2, -0.15) is 11.8 Å². The number of aliphatic hydroxyl groups is 4. The maximum absolute atomic E-state index is 12.9. The van der Waals surface area contributed by atoms with Crippen LogP contribution in [0.1, 0.15) is 26.7 Å². The lowest BCUT2D eigenvalue weighted by Gasteiger charge is -2.41. The number of carbonyl (C=O) groups is 2.